The molecule has 0 fully saturated rings. The number of nitrogens with one attached hydrogen (secondary N) is 1. The van der Waals surface area contributed by atoms with Gasteiger partial charge in [0.25, 0.3) is 5.91 Å². The zero-order valence-corrected chi connectivity index (χ0v) is 9.71. The van der Waals surface area contributed by atoms with Crippen LogP contribution in [0, 0.1) is 0 Å². The third-order valence-corrected chi connectivity index (χ3v) is 3.02. The van der Waals surface area contributed by atoms with E-state index < -0.39 is 0 Å². The standard InChI is InChI=1S/C11H12N2O2S/c1-2-6-16-11-12-9(10(14)13-11)7-8-4-3-5-15-8/h3-5,7H,2,6H2,1H3,(H,12,13,14)/b9-7-. The third kappa shape index (κ3) is 2.55. The van der Waals surface area contributed by atoms with Crippen LogP contribution in [-0.2, 0) is 4.79 Å². The summed E-state index contributed by atoms with van der Waals surface area (Å²) in [6.07, 6.45) is 4.25. The number of aliphatic imine (C=N–C) groups is 1. The summed E-state index contributed by atoms with van der Waals surface area (Å²) in [6.45, 7) is 2.09. The predicted molar refractivity (Wildman–Crippen MR) is 65.0 cm³/mol. The molecule has 16 heavy (non-hydrogen) atoms. The lowest BCUT2D eigenvalue weighted by atomic mass is 10.3. The van der Waals surface area contributed by atoms with E-state index in [4.69, 9.17) is 4.42 Å². The second-order valence-electron chi connectivity index (χ2n) is 3.26. The first-order valence-corrected chi connectivity index (χ1v) is 6.06. The fourth-order valence-corrected chi connectivity index (χ4v) is 1.95. The Morgan fingerprint density at radius 1 is 1.62 bits per heavy atom. The molecule has 0 atom stereocenters. The van der Waals surface area contributed by atoms with Gasteiger partial charge in [-0.3, -0.25) is 10.1 Å². The van der Waals surface area contributed by atoms with Gasteiger partial charge in [0.05, 0.1) is 6.26 Å². The van der Waals surface area contributed by atoms with Crippen molar-refractivity contribution in [1.82, 2.24) is 5.32 Å². The number of carbonyl (C=O) groups is 1. The van der Waals surface area contributed by atoms with Crippen LogP contribution >= 0.6 is 11.8 Å². The average molecular weight is 236 g/mol. The lowest BCUT2D eigenvalue weighted by molar-refractivity contribution is -0.115. The quantitative estimate of drug-likeness (QED) is 0.819. The van der Waals surface area contributed by atoms with Crippen LogP contribution in [0.1, 0.15) is 19.1 Å². The molecule has 0 unspecified atom stereocenters. The summed E-state index contributed by atoms with van der Waals surface area (Å²) >= 11 is 1.55. The van der Waals surface area contributed by atoms with Gasteiger partial charge in [-0.1, -0.05) is 18.7 Å². The number of rotatable bonds is 3. The Morgan fingerprint density at radius 3 is 3.19 bits per heavy atom. The van der Waals surface area contributed by atoms with Crippen molar-refractivity contribution in [2.75, 3.05) is 5.75 Å². The van der Waals surface area contributed by atoms with E-state index in [0.717, 1.165) is 12.2 Å². The van der Waals surface area contributed by atoms with E-state index in [1.807, 2.05) is 0 Å². The Labute approximate surface area is 97.8 Å². The maximum Gasteiger partial charge on any atom is 0.276 e. The number of amides is 1. The van der Waals surface area contributed by atoms with Gasteiger partial charge in [-0.15, -0.1) is 0 Å². The molecule has 2 heterocycles. The smallest absolute Gasteiger partial charge is 0.276 e. The predicted octanol–water partition coefficient (Wildman–Crippen LogP) is 2.25. The molecule has 4 nitrogen and oxygen atoms in total. The molecule has 1 aliphatic heterocycles. The molecule has 0 aromatic carbocycles. The first-order chi connectivity index (χ1) is 7.79. The summed E-state index contributed by atoms with van der Waals surface area (Å²) in [4.78, 5) is 15.7. The Morgan fingerprint density at radius 2 is 2.50 bits per heavy atom. The number of thioether (sulfide) groups is 1. The van der Waals surface area contributed by atoms with Gasteiger partial charge in [-0.2, -0.15) is 0 Å². The van der Waals surface area contributed by atoms with Crippen molar-refractivity contribution in [2.24, 2.45) is 4.99 Å². The van der Waals surface area contributed by atoms with Crippen LogP contribution in [0.25, 0.3) is 6.08 Å². The van der Waals surface area contributed by atoms with Crippen LogP contribution in [0.5, 0.6) is 0 Å². The second-order valence-corrected chi connectivity index (χ2v) is 4.35. The van der Waals surface area contributed by atoms with Gasteiger partial charge >= 0.3 is 0 Å². The average Bonchev–Trinajstić information content (AvgIpc) is 2.87. The summed E-state index contributed by atoms with van der Waals surface area (Å²) in [6, 6.07) is 3.56. The summed E-state index contributed by atoms with van der Waals surface area (Å²) in [5.74, 6) is 1.42. The first-order valence-electron chi connectivity index (χ1n) is 5.07. The Kier molecular flexibility index (Phi) is 3.46. The third-order valence-electron chi connectivity index (χ3n) is 1.94. The van der Waals surface area contributed by atoms with Crippen molar-refractivity contribution >= 4 is 28.9 Å². The molecule has 0 saturated heterocycles. The molecule has 2 rings (SSSR count). The van der Waals surface area contributed by atoms with E-state index in [1.165, 1.54) is 0 Å². The number of carbonyl (C=O) groups excluding carboxylic acids is 1. The molecule has 1 amide bonds. The lowest BCUT2D eigenvalue weighted by Crippen LogP contribution is -2.21. The number of amidine groups is 1. The lowest BCUT2D eigenvalue weighted by Gasteiger charge is -1.95. The molecule has 1 aromatic heterocycles. The van der Waals surface area contributed by atoms with Gasteiger partial charge in [-0.25, -0.2) is 4.99 Å². The van der Waals surface area contributed by atoms with Crippen LogP contribution < -0.4 is 5.32 Å². The SMILES string of the molecule is CCCSC1=N/C(=C\c2ccco2)C(=O)N1. The van der Waals surface area contributed by atoms with E-state index in [2.05, 4.69) is 17.2 Å². The van der Waals surface area contributed by atoms with Crippen LogP contribution in [-0.4, -0.2) is 16.8 Å². The Bertz CT molecular complexity index is 435. The second kappa shape index (κ2) is 5.03. The van der Waals surface area contributed by atoms with Crippen LogP contribution in [0.15, 0.2) is 33.5 Å². The molecule has 0 radical (unpaired) electrons. The van der Waals surface area contributed by atoms with Gasteiger partial charge < -0.3 is 4.42 Å². The highest BCUT2D eigenvalue weighted by atomic mass is 32.2. The fraction of sp³-hybridized carbons (Fsp3) is 0.273. The van der Waals surface area contributed by atoms with Gasteiger partial charge in [0.2, 0.25) is 0 Å². The maximum atomic E-state index is 11.5. The highest BCUT2D eigenvalue weighted by Gasteiger charge is 2.20. The largest absolute Gasteiger partial charge is 0.465 e. The minimum absolute atomic E-state index is 0.171. The Balaban J connectivity index is 2.10. The van der Waals surface area contributed by atoms with Crippen molar-refractivity contribution in [2.45, 2.75) is 13.3 Å². The summed E-state index contributed by atoms with van der Waals surface area (Å²) in [5.41, 5.74) is 0.397. The zero-order chi connectivity index (χ0) is 11.4. The fourth-order valence-electron chi connectivity index (χ4n) is 1.22. The van der Waals surface area contributed by atoms with Crippen molar-refractivity contribution < 1.29 is 9.21 Å². The molecule has 1 aliphatic rings. The van der Waals surface area contributed by atoms with Crippen molar-refractivity contribution in [3.05, 3.63) is 29.9 Å². The topological polar surface area (TPSA) is 54.6 Å². The van der Waals surface area contributed by atoms with E-state index in [0.29, 0.717) is 16.6 Å². The number of hydrogen-bond donors (Lipinski definition) is 1. The van der Waals surface area contributed by atoms with E-state index in [9.17, 15) is 4.79 Å². The van der Waals surface area contributed by atoms with E-state index in [-0.39, 0.29) is 5.91 Å². The number of furan rings is 1. The molecule has 84 valence electrons. The van der Waals surface area contributed by atoms with E-state index in [1.54, 1.807) is 36.2 Å². The van der Waals surface area contributed by atoms with Gasteiger partial charge in [0, 0.05) is 11.8 Å². The van der Waals surface area contributed by atoms with Gasteiger partial charge in [0.1, 0.15) is 11.5 Å². The normalized spacial score (nSPS) is 17.7. The highest BCUT2D eigenvalue weighted by Crippen LogP contribution is 2.16. The molecule has 0 spiro atoms. The number of nitrogens with zero attached hydrogens (tertiary/aromatic N) is 1. The molecule has 1 aromatic rings. The zero-order valence-electron chi connectivity index (χ0n) is 8.90. The molecule has 0 bridgehead atoms. The van der Waals surface area contributed by atoms with Crippen molar-refractivity contribution in [3.8, 4) is 0 Å². The minimum Gasteiger partial charge on any atom is -0.465 e. The maximum absolute atomic E-state index is 11.5. The molecule has 0 saturated carbocycles. The molecular weight excluding hydrogens is 224 g/mol. The molecule has 0 aliphatic carbocycles. The van der Waals surface area contributed by atoms with Crippen molar-refractivity contribution in [3.63, 3.8) is 0 Å². The van der Waals surface area contributed by atoms with Gasteiger partial charge in [0.15, 0.2) is 5.17 Å². The highest BCUT2D eigenvalue weighted by molar-refractivity contribution is 8.13. The van der Waals surface area contributed by atoms with Crippen LogP contribution in [0.2, 0.25) is 0 Å². The molecular formula is C11H12N2O2S. The first kappa shape index (κ1) is 11.0. The number of hydrogen-bond acceptors (Lipinski definition) is 4. The minimum atomic E-state index is -0.171. The molecule has 5 heteroatoms. The van der Waals surface area contributed by atoms with Crippen LogP contribution in [0.4, 0.5) is 0 Å². The van der Waals surface area contributed by atoms with Crippen LogP contribution in [0.3, 0.4) is 0 Å². The monoisotopic (exact) mass is 236 g/mol. The van der Waals surface area contributed by atoms with E-state index >= 15 is 0 Å². The Hall–Kier alpha value is -1.49. The van der Waals surface area contributed by atoms with Crippen molar-refractivity contribution in [1.29, 1.82) is 0 Å². The summed E-state index contributed by atoms with van der Waals surface area (Å²) in [5, 5.41) is 3.39. The summed E-state index contributed by atoms with van der Waals surface area (Å²) < 4.78 is 5.13. The van der Waals surface area contributed by atoms with Gasteiger partial charge in [-0.05, 0) is 18.6 Å². The molecule has 1 N–H and O–H groups in total. The summed E-state index contributed by atoms with van der Waals surface area (Å²) in [7, 11) is 0.